The number of nitrogens with two attached hydrogens (primary N) is 1. The molecule has 0 spiro atoms. The Labute approximate surface area is 129 Å². The predicted octanol–water partition coefficient (Wildman–Crippen LogP) is 3.67. The molecule has 2 aromatic heterocycles. The monoisotopic (exact) mass is 305 g/mol. The fourth-order valence-corrected chi connectivity index (χ4v) is 3.92. The summed E-state index contributed by atoms with van der Waals surface area (Å²) in [4.78, 5) is 11.2. The Kier molecular flexibility index (Phi) is 4.26. The maximum atomic E-state index is 5.49. The van der Waals surface area contributed by atoms with E-state index in [1.54, 1.807) is 11.3 Å². The van der Waals surface area contributed by atoms with Crippen LogP contribution in [-0.4, -0.2) is 16.0 Å². The van der Waals surface area contributed by atoms with Crippen LogP contribution >= 0.6 is 11.3 Å². The predicted molar refractivity (Wildman–Crippen MR) is 89.6 cm³/mol. The molecule has 6 heteroatoms. The lowest BCUT2D eigenvalue weighted by Gasteiger charge is -2.18. The minimum atomic E-state index is 0.480. The largest absolute Gasteiger partial charge is 0.367 e. The maximum absolute atomic E-state index is 5.49. The highest BCUT2D eigenvalue weighted by Gasteiger charge is 2.18. The van der Waals surface area contributed by atoms with E-state index in [1.165, 1.54) is 37.0 Å². The Bertz CT molecular complexity index is 624. The molecule has 0 aliphatic heterocycles. The second kappa shape index (κ2) is 6.15. The van der Waals surface area contributed by atoms with Gasteiger partial charge in [-0.3, -0.25) is 5.43 Å². The molecule has 1 saturated carbocycles. The zero-order valence-electron chi connectivity index (χ0n) is 12.6. The number of aryl methyl sites for hydroxylation is 1. The standard InChI is InChI=1S/C15H23N5S/c1-9-4-3-5-11(7-6-9)17-13-12-8-10(2)21-14(12)19-15(18-13)20-16/h8-9,11H,3-7,16H2,1-2H3,(H2,17,18,19,20). The second-order valence-electron chi connectivity index (χ2n) is 6.07. The first-order valence-corrected chi connectivity index (χ1v) is 8.48. The van der Waals surface area contributed by atoms with E-state index in [0.717, 1.165) is 22.0 Å². The molecule has 114 valence electrons. The number of nitrogen functional groups attached to an aromatic ring is 1. The van der Waals surface area contributed by atoms with Crippen molar-refractivity contribution in [1.29, 1.82) is 0 Å². The van der Waals surface area contributed by atoms with Crippen LogP contribution in [0.3, 0.4) is 0 Å². The van der Waals surface area contributed by atoms with Crippen LogP contribution in [0, 0.1) is 12.8 Å². The van der Waals surface area contributed by atoms with Crippen molar-refractivity contribution in [2.75, 3.05) is 10.7 Å². The minimum absolute atomic E-state index is 0.480. The number of nitrogens with one attached hydrogen (secondary N) is 2. The van der Waals surface area contributed by atoms with Crippen molar-refractivity contribution in [3.63, 3.8) is 0 Å². The van der Waals surface area contributed by atoms with Gasteiger partial charge in [0, 0.05) is 10.9 Å². The fourth-order valence-electron chi connectivity index (χ4n) is 3.04. The summed E-state index contributed by atoms with van der Waals surface area (Å²) in [6, 6.07) is 2.65. The van der Waals surface area contributed by atoms with E-state index in [4.69, 9.17) is 5.84 Å². The van der Waals surface area contributed by atoms with Crippen molar-refractivity contribution in [1.82, 2.24) is 9.97 Å². The number of hydrogen-bond donors (Lipinski definition) is 3. The van der Waals surface area contributed by atoms with E-state index in [2.05, 4.69) is 40.6 Å². The molecule has 0 aromatic carbocycles. The summed E-state index contributed by atoms with van der Waals surface area (Å²) in [5.41, 5.74) is 2.57. The minimum Gasteiger partial charge on any atom is -0.367 e. The third-order valence-electron chi connectivity index (χ3n) is 4.24. The van der Waals surface area contributed by atoms with Crippen LogP contribution in [0.4, 0.5) is 11.8 Å². The summed E-state index contributed by atoms with van der Waals surface area (Å²) in [6.07, 6.45) is 6.34. The molecule has 0 bridgehead atoms. The van der Waals surface area contributed by atoms with Crippen LogP contribution in [-0.2, 0) is 0 Å². The summed E-state index contributed by atoms with van der Waals surface area (Å²) < 4.78 is 0. The van der Waals surface area contributed by atoms with E-state index in [1.807, 2.05) is 0 Å². The number of hydrogen-bond acceptors (Lipinski definition) is 6. The van der Waals surface area contributed by atoms with E-state index >= 15 is 0 Å². The van der Waals surface area contributed by atoms with Gasteiger partial charge in [0.25, 0.3) is 0 Å². The molecule has 0 saturated heterocycles. The fraction of sp³-hybridized carbons (Fsp3) is 0.600. The first-order valence-electron chi connectivity index (χ1n) is 7.67. The normalized spacial score (nSPS) is 23.0. The molecular weight excluding hydrogens is 282 g/mol. The maximum Gasteiger partial charge on any atom is 0.240 e. The molecule has 0 radical (unpaired) electrons. The number of nitrogens with zero attached hydrogens (tertiary/aromatic N) is 2. The van der Waals surface area contributed by atoms with Gasteiger partial charge < -0.3 is 5.32 Å². The average molecular weight is 305 g/mol. The lowest BCUT2D eigenvalue weighted by Crippen LogP contribution is -2.20. The van der Waals surface area contributed by atoms with E-state index in [0.29, 0.717) is 12.0 Å². The quantitative estimate of drug-likeness (QED) is 0.458. The summed E-state index contributed by atoms with van der Waals surface area (Å²) >= 11 is 1.68. The van der Waals surface area contributed by atoms with Gasteiger partial charge in [0.15, 0.2) is 0 Å². The lowest BCUT2D eigenvalue weighted by molar-refractivity contribution is 0.502. The number of aromatic nitrogens is 2. The van der Waals surface area contributed by atoms with Gasteiger partial charge in [-0.2, -0.15) is 4.98 Å². The van der Waals surface area contributed by atoms with Gasteiger partial charge in [0.2, 0.25) is 5.95 Å². The van der Waals surface area contributed by atoms with Gasteiger partial charge in [-0.1, -0.05) is 19.8 Å². The summed E-state index contributed by atoms with van der Waals surface area (Å²) in [7, 11) is 0. The van der Waals surface area contributed by atoms with Crippen LogP contribution < -0.4 is 16.6 Å². The molecule has 2 heterocycles. The van der Waals surface area contributed by atoms with Crippen molar-refractivity contribution in [3.05, 3.63) is 10.9 Å². The highest BCUT2D eigenvalue weighted by molar-refractivity contribution is 7.18. The summed E-state index contributed by atoms with van der Waals surface area (Å²) in [6.45, 7) is 4.45. The molecule has 0 amide bonds. The number of hydrazine groups is 1. The Morgan fingerprint density at radius 1 is 1.24 bits per heavy atom. The first-order chi connectivity index (χ1) is 10.2. The highest BCUT2D eigenvalue weighted by Crippen LogP contribution is 2.31. The van der Waals surface area contributed by atoms with Gasteiger partial charge in [-0.25, -0.2) is 10.8 Å². The molecule has 5 nitrogen and oxygen atoms in total. The zero-order chi connectivity index (χ0) is 14.8. The molecule has 2 aromatic rings. The Morgan fingerprint density at radius 3 is 2.90 bits per heavy atom. The van der Waals surface area contributed by atoms with Gasteiger partial charge in [0.05, 0.1) is 5.39 Å². The van der Waals surface area contributed by atoms with Gasteiger partial charge >= 0.3 is 0 Å². The van der Waals surface area contributed by atoms with Crippen LogP contribution in [0.5, 0.6) is 0 Å². The van der Waals surface area contributed by atoms with Crippen LogP contribution in [0.2, 0.25) is 0 Å². The van der Waals surface area contributed by atoms with E-state index in [-0.39, 0.29) is 0 Å². The Hall–Kier alpha value is -1.40. The molecule has 2 unspecified atom stereocenters. The Morgan fingerprint density at radius 2 is 2.10 bits per heavy atom. The van der Waals surface area contributed by atoms with Crippen LogP contribution in [0.25, 0.3) is 10.2 Å². The second-order valence-corrected chi connectivity index (χ2v) is 7.31. The van der Waals surface area contributed by atoms with E-state index in [9.17, 15) is 0 Å². The summed E-state index contributed by atoms with van der Waals surface area (Å²) in [5.74, 6) is 7.73. The topological polar surface area (TPSA) is 75.9 Å². The van der Waals surface area contributed by atoms with Crippen molar-refractivity contribution < 1.29 is 0 Å². The van der Waals surface area contributed by atoms with Gasteiger partial charge in [-0.05, 0) is 38.2 Å². The first kappa shape index (κ1) is 14.5. The molecule has 1 fully saturated rings. The van der Waals surface area contributed by atoms with Crippen molar-refractivity contribution >= 4 is 33.3 Å². The molecule has 4 N–H and O–H groups in total. The average Bonchev–Trinajstić information content (AvgIpc) is 2.72. The third-order valence-corrected chi connectivity index (χ3v) is 5.19. The van der Waals surface area contributed by atoms with Crippen LogP contribution in [0.1, 0.15) is 43.9 Å². The smallest absolute Gasteiger partial charge is 0.240 e. The highest BCUT2D eigenvalue weighted by atomic mass is 32.1. The number of rotatable bonds is 3. The Balaban J connectivity index is 1.88. The van der Waals surface area contributed by atoms with Gasteiger partial charge in [-0.15, -0.1) is 11.3 Å². The SMILES string of the molecule is Cc1cc2c(NC3CCCC(C)CC3)nc(NN)nc2s1. The molecular formula is C15H23N5S. The molecule has 21 heavy (non-hydrogen) atoms. The molecule has 2 atom stereocenters. The van der Waals surface area contributed by atoms with Crippen molar-refractivity contribution in [2.45, 2.75) is 52.0 Å². The molecule has 1 aliphatic carbocycles. The number of anilines is 2. The molecule has 3 rings (SSSR count). The lowest BCUT2D eigenvalue weighted by atomic mass is 10.0. The van der Waals surface area contributed by atoms with Crippen molar-refractivity contribution in [3.8, 4) is 0 Å². The number of thiophene rings is 1. The van der Waals surface area contributed by atoms with E-state index < -0.39 is 0 Å². The molecule has 1 aliphatic rings. The van der Waals surface area contributed by atoms with Crippen molar-refractivity contribution in [2.24, 2.45) is 11.8 Å². The zero-order valence-corrected chi connectivity index (χ0v) is 13.5. The number of fused-ring (bicyclic) bond motifs is 1. The van der Waals surface area contributed by atoms with Crippen LogP contribution in [0.15, 0.2) is 6.07 Å². The third kappa shape index (κ3) is 3.27. The summed E-state index contributed by atoms with van der Waals surface area (Å²) in [5, 5.41) is 4.74. The van der Waals surface area contributed by atoms with Gasteiger partial charge in [0.1, 0.15) is 10.6 Å².